The van der Waals surface area contributed by atoms with E-state index in [-0.39, 0.29) is 17.9 Å². The van der Waals surface area contributed by atoms with Crippen LogP contribution in [0.25, 0.3) is 10.9 Å². The highest BCUT2D eigenvalue weighted by atomic mass is 16.1. The highest BCUT2D eigenvalue weighted by Gasteiger charge is 2.23. The quantitative estimate of drug-likeness (QED) is 0.377. The van der Waals surface area contributed by atoms with Gasteiger partial charge in [0.15, 0.2) is 0 Å². The number of rotatable bonds is 7. The van der Waals surface area contributed by atoms with Gasteiger partial charge < -0.3 is 9.88 Å². The number of fused-ring (bicyclic) bond motifs is 1. The molecule has 0 saturated heterocycles. The van der Waals surface area contributed by atoms with Crippen LogP contribution < -0.4 is 5.32 Å². The van der Waals surface area contributed by atoms with Crippen molar-refractivity contribution in [2.24, 2.45) is 0 Å². The minimum Gasteiger partial charge on any atom is -0.350 e. The van der Waals surface area contributed by atoms with Gasteiger partial charge >= 0.3 is 0 Å². The maximum absolute atomic E-state index is 13.1. The molecular weight excluding hydrogens is 380 g/mol. The first-order valence-corrected chi connectivity index (χ1v) is 11.1. The second kappa shape index (κ2) is 9.22. The van der Waals surface area contributed by atoms with E-state index in [9.17, 15) is 4.79 Å². The second-order valence-electron chi connectivity index (χ2n) is 8.25. The molecule has 3 aromatic carbocycles. The van der Waals surface area contributed by atoms with Crippen molar-refractivity contribution < 1.29 is 4.79 Å². The summed E-state index contributed by atoms with van der Waals surface area (Å²) in [6.45, 7) is 7.19. The van der Waals surface area contributed by atoms with E-state index < -0.39 is 0 Å². The molecule has 0 saturated carbocycles. The Bertz CT molecular complexity index is 1160. The van der Waals surface area contributed by atoms with E-state index in [1.165, 1.54) is 27.6 Å². The molecule has 4 aromatic rings. The maximum Gasteiger partial charge on any atom is 0.221 e. The van der Waals surface area contributed by atoms with Gasteiger partial charge in [0.1, 0.15) is 0 Å². The van der Waals surface area contributed by atoms with Crippen LogP contribution in [0.3, 0.4) is 0 Å². The molecule has 2 atom stereocenters. The molecule has 0 aliphatic rings. The predicted molar refractivity (Wildman–Crippen MR) is 128 cm³/mol. The van der Waals surface area contributed by atoms with Gasteiger partial charge in [0.25, 0.3) is 0 Å². The molecule has 1 heterocycles. The Morgan fingerprint density at radius 1 is 0.903 bits per heavy atom. The average molecular weight is 411 g/mol. The largest absolute Gasteiger partial charge is 0.350 e. The molecule has 4 rings (SSSR count). The molecular formula is C28H30N2O. The summed E-state index contributed by atoms with van der Waals surface area (Å²) in [4.78, 5) is 13.1. The molecule has 0 bridgehead atoms. The van der Waals surface area contributed by atoms with Gasteiger partial charge in [-0.3, -0.25) is 4.79 Å². The van der Waals surface area contributed by atoms with Crippen molar-refractivity contribution >= 4 is 16.8 Å². The minimum atomic E-state index is -0.0237. The fraction of sp³-hybridized carbons (Fsp3) is 0.250. The highest BCUT2D eigenvalue weighted by Crippen LogP contribution is 2.35. The van der Waals surface area contributed by atoms with E-state index >= 15 is 0 Å². The summed E-state index contributed by atoms with van der Waals surface area (Å²) in [6.07, 6.45) is 2.64. The molecule has 1 aromatic heterocycles. The van der Waals surface area contributed by atoms with Gasteiger partial charge in [-0.15, -0.1) is 0 Å². The summed E-state index contributed by atoms with van der Waals surface area (Å²) < 4.78 is 2.27. The summed E-state index contributed by atoms with van der Waals surface area (Å²) in [5.74, 6) is 0.0662. The lowest BCUT2D eigenvalue weighted by Gasteiger charge is -2.20. The minimum absolute atomic E-state index is 0.00118. The highest BCUT2D eigenvalue weighted by molar-refractivity contribution is 5.86. The Morgan fingerprint density at radius 3 is 2.29 bits per heavy atom. The lowest BCUT2D eigenvalue weighted by Crippen LogP contribution is -2.28. The van der Waals surface area contributed by atoms with Crippen molar-refractivity contribution in [1.29, 1.82) is 0 Å². The van der Waals surface area contributed by atoms with Crippen molar-refractivity contribution in [2.75, 3.05) is 0 Å². The van der Waals surface area contributed by atoms with Crippen LogP contribution in [0.4, 0.5) is 0 Å². The Balaban J connectivity index is 1.68. The van der Waals surface area contributed by atoms with Gasteiger partial charge in [-0.25, -0.2) is 0 Å². The van der Waals surface area contributed by atoms with E-state index in [2.05, 4.69) is 90.6 Å². The Morgan fingerprint density at radius 2 is 1.58 bits per heavy atom. The van der Waals surface area contributed by atoms with Gasteiger partial charge in [0, 0.05) is 36.0 Å². The number of nitrogens with one attached hydrogen (secondary N) is 1. The van der Waals surface area contributed by atoms with Crippen molar-refractivity contribution in [3.63, 3.8) is 0 Å². The third kappa shape index (κ3) is 4.56. The van der Waals surface area contributed by atoms with Crippen molar-refractivity contribution in [3.8, 4) is 0 Å². The second-order valence-corrected chi connectivity index (χ2v) is 8.25. The number of nitrogens with zero attached hydrogens (tertiary/aromatic N) is 1. The molecule has 31 heavy (non-hydrogen) atoms. The van der Waals surface area contributed by atoms with Crippen LogP contribution in [0.1, 0.15) is 54.5 Å². The molecule has 0 radical (unpaired) electrons. The maximum atomic E-state index is 13.1. The third-order valence-electron chi connectivity index (χ3n) is 6.08. The number of para-hydroxylation sites is 1. The van der Waals surface area contributed by atoms with E-state index in [0.717, 1.165) is 12.1 Å². The molecule has 0 unspecified atom stereocenters. The number of carbonyl (C=O) groups excluding carboxylic acids is 1. The first kappa shape index (κ1) is 20.9. The molecule has 3 nitrogen and oxygen atoms in total. The molecule has 0 aliphatic heterocycles. The number of benzene rings is 3. The first-order valence-electron chi connectivity index (χ1n) is 11.1. The van der Waals surface area contributed by atoms with Crippen LogP contribution in [0.15, 0.2) is 85.1 Å². The number of aryl methyl sites for hydroxylation is 2. The van der Waals surface area contributed by atoms with Crippen molar-refractivity contribution in [2.45, 2.75) is 45.7 Å². The smallest absolute Gasteiger partial charge is 0.221 e. The number of aromatic nitrogens is 1. The lowest BCUT2D eigenvalue weighted by molar-refractivity contribution is -0.121. The predicted octanol–water partition coefficient (Wildman–Crippen LogP) is 6.37. The van der Waals surface area contributed by atoms with Crippen molar-refractivity contribution in [1.82, 2.24) is 9.88 Å². The van der Waals surface area contributed by atoms with Crippen LogP contribution in [0, 0.1) is 6.92 Å². The molecule has 0 fully saturated rings. The van der Waals surface area contributed by atoms with E-state index in [1.54, 1.807) is 0 Å². The molecule has 1 N–H and O–H groups in total. The fourth-order valence-corrected chi connectivity index (χ4v) is 4.33. The van der Waals surface area contributed by atoms with Crippen molar-refractivity contribution in [3.05, 3.63) is 107 Å². The van der Waals surface area contributed by atoms with Gasteiger partial charge in [-0.05, 0) is 43.5 Å². The Hall–Kier alpha value is -3.33. The normalized spacial score (nSPS) is 13.1. The number of carbonyl (C=O) groups is 1. The van der Waals surface area contributed by atoms with Gasteiger partial charge in [-0.1, -0.05) is 78.4 Å². The molecule has 0 aliphatic carbocycles. The zero-order valence-electron chi connectivity index (χ0n) is 18.5. The summed E-state index contributed by atoms with van der Waals surface area (Å²) in [5, 5.41) is 4.42. The van der Waals surface area contributed by atoms with Crippen LogP contribution in [-0.4, -0.2) is 10.5 Å². The first-order chi connectivity index (χ1) is 15.1. The topological polar surface area (TPSA) is 34.0 Å². The lowest BCUT2D eigenvalue weighted by atomic mass is 9.87. The van der Waals surface area contributed by atoms with Crippen LogP contribution in [0.2, 0.25) is 0 Å². The standard InChI is InChI=1S/C28H30N2O/c1-4-30-19-26(24-12-8-9-13-27(24)30)25(23-16-14-20(2)15-17-23)18-28(31)29-21(3)22-10-6-5-7-11-22/h5-17,19,21,25H,4,18H2,1-3H3,(H,29,31)/t21-,25-/m0/s1. The van der Waals surface area contributed by atoms with E-state index in [1.807, 2.05) is 25.1 Å². The SMILES string of the molecule is CCn1cc([C@@H](CC(=O)N[C@@H](C)c2ccccc2)c2ccc(C)cc2)c2ccccc21. The average Bonchev–Trinajstić information content (AvgIpc) is 3.17. The molecule has 3 heteroatoms. The van der Waals surface area contributed by atoms with E-state index in [0.29, 0.717) is 6.42 Å². The summed E-state index contributed by atoms with van der Waals surface area (Å²) in [6, 6.07) is 27.2. The summed E-state index contributed by atoms with van der Waals surface area (Å²) in [5.41, 5.74) is 5.94. The zero-order valence-corrected chi connectivity index (χ0v) is 18.5. The van der Waals surface area contributed by atoms with Crippen LogP contribution in [-0.2, 0) is 11.3 Å². The third-order valence-corrected chi connectivity index (χ3v) is 6.08. The van der Waals surface area contributed by atoms with Crippen LogP contribution >= 0.6 is 0 Å². The Kier molecular flexibility index (Phi) is 6.22. The molecule has 0 spiro atoms. The fourth-order valence-electron chi connectivity index (χ4n) is 4.33. The zero-order chi connectivity index (χ0) is 21.8. The van der Waals surface area contributed by atoms with Gasteiger partial charge in [0.2, 0.25) is 5.91 Å². The molecule has 158 valence electrons. The summed E-state index contributed by atoms with van der Waals surface area (Å²) in [7, 11) is 0. The monoisotopic (exact) mass is 410 g/mol. The number of hydrogen-bond donors (Lipinski definition) is 1. The van der Waals surface area contributed by atoms with Gasteiger partial charge in [-0.2, -0.15) is 0 Å². The van der Waals surface area contributed by atoms with Crippen LogP contribution in [0.5, 0.6) is 0 Å². The number of amides is 1. The van der Waals surface area contributed by atoms with Gasteiger partial charge in [0.05, 0.1) is 6.04 Å². The van der Waals surface area contributed by atoms with E-state index in [4.69, 9.17) is 0 Å². The summed E-state index contributed by atoms with van der Waals surface area (Å²) >= 11 is 0. The Labute approximate surface area is 184 Å². The number of hydrogen-bond acceptors (Lipinski definition) is 1. The molecule has 1 amide bonds.